The maximum atomic E-state index is 12.2. The van der Waals surface area contributed by atoms with Crippen molar-refractivity contribution in [3.63, 3.8) is 0 Å². The zero-order valence-corrected chi connectivity index (χ0v) is 13.7. The zero-order chi connectivity index (χ0) is 16.1. The molecule has 0 aliphatic heterocycles. The summed E-state index contributed by atoms with van der Waals surface area (Å²) >= 11 is 3.35. The van der Waals surface area contributed by atoms with Gasteiger partial charge in [0.2, 0.25) is 0 Å². The van der Waals surface area contributed by atoms with Gasteiger partial charge in [0.1, 0.15) is 5.76 Å². The molecule has 0 aliphatic rings. The number of methoxy groups -OCH3 is 1. The number of nitrogens with one attached hydrogen (secondary N) is 1. The Balaban J connectivity index is 2.18. The molecule has 7 heteroatoms. The molecule has 0 bridgehead atoms. The molecule has 116 valence electrons. The van der Waals surface area contributed by atoms with Crippen molar-refractivity contribution in [2.24, 2.45) is 0 Å². The molecule has 0 spiro atoms. The van der Waals surface area contributed by atoms with E-state index in [1.807, 2.05) is 24.3 Å². The molecule has 1 aromatic heterocycles. The van der Waals surface area contributed by atoms with Crippen LogP contribution in [0.3, 0.4) is 0 Å². The second kappa shape index (κ2) is 7.22. The number of nitrogens with zero attached hydrogens (tertiary/aromatic N) is 1. The number of aromatic nitrogens is 1. The minimum absolute atomic E-state index is 0.0285. The number of halogens is 1. The van der Waals surface area contributed by atoms with Crippen molar-refractivity contribution in [2.45, 2.75) is 19.4 Å². The summed E-state index contributed by atoms with van der Waals surface area (Å²) in [5.41, 5.74) is 0.964. The second-order valence-corrected chi connectivity index (χ2v) is 5.60. The minimum atomic E-state index is -0.509. The number of carbonyl (C=O) groups excluding carboxylic acids is 2. The van der Waals surface area contributed by atoms with Crippen molar-refractivity contribution >= 4 is 27.8 Å². The van der Waals surface area contributed by atoms with E-state index in [1.165, 1.54) is 13.2 Å². The average Bonchev–Trinajstić information content (AvgIpc) is 2.94. The number of hydrogen-bond donors (Lipinski definition) is 1. The number of carbonyl (C=O) groups is 2. The minimum Gasteiger partial charge on any atom is -0.469 e. The van der Waals surface area contributed by atoms with Crippen LogP contribution in [-0.4, -0.2) is 24.1 Å². The van der Waals surface area contributed by atoms with Gasteiger partial charge in [-0.05, 0) is 24.6 Å². The van der Waals surface area contributed by atoms with Crippen molar-refractivity contribution in [3.8, 4) is 0 Å². The highest BCUT2D eigenvalue weighted by Crippen LogP contribution is 2.21. The predicted molar refractivity (Wildman–Crippen MR) is 82.2 cm³/mol. The van der Waals surface area contributed by atoms with E-state index >= 15 is 0 Å². The van der Waals surface area contributed by atoms with Crippen LogP contribution >= 0.6 is 15.9 Å². The lowest BCUT2D eigenvalue weighted by Gasteiger charge is -2.17. The average molecular weight is 367 g/mol. The van der Waals surface area contributed by atoms with E-state index in [1.54, 1.807) is 6.92 Å². The summed E-state index contributed by atoms with van der Waals surface area (Å²) in [6.45, 7) is 1.70. The van der Waals surface area contributed by atoms with Gasteiger partial charge in [-0.1, -0.05) is 33.2 Å². The van der Waals surface area contributed by atoms with Crippen molar-refractivity contribution in [1.29, 1.82) is 0 Å². The topological polar surface area (TPSA) is 81.4 Å². The third-order valence-corrected chi connectivity index (χ3v) is 3.57. The van der Waals surface area contributed by atoms with Gasteiger partial charge in [-0.15, -0.1) is 0 Å². The molecule has 1 aromatic carbocycles. The second-order valence-electron chi connectivity index (χ2n) is 4.68. The molecule has 0 fully saturated rings. The van der Waals surface area contributed by atoms with E-state index in [0.29, 0.717) is 5.76 Å². The largest absolute Gasteiger partial charge is 0.469 e. The first-order valence-electron chi connectivity index (χ1n) is 6.56. The van der Waals surface area contributed by atoms with Crippen LogP contribution in [0.2, 0.25) is 0 Å². The summed E-state index contributed by atoms with van der Waals surface area (Å²) in [6.07, 6.45) is 0.0285. The molecular formula is C15H15BrN2O4. The summed E-state index contributed by atoms with van der Waals surface area (Å²) < 4.78 is 10.5. The van der Waals surface area contributed by atoms with Crippen LogP contribution in [0.15, 0.2) is 39.3 Å². The van der Waals surface area contributed by atoms with E-state index in [-0.39, 0.29) is 12.1 Å². The number of rotatable bonds is 5. The normalized spacial score (nSPS) is 11.8. The predicted octanol–water partition coefficient (Wildman–Crippen LogP) is 2.78. The number of ether oxygens (including phenoxy) is 1. The summed E-state index contributed by atoms with van der Waals surface area (Å²) in [7, 11) is 1.31. The van der Waals surface area contributed by atoms with E-state index in [9.17, 15) is 9.59 Å². The van der Waals surface area contributed by atoms with Gasteiger partial charge in [-0.25, -0.2) is 0 Å². The van der Waals surface area contributed by atoms with Crippen LogP contribution in [0.25, 0.3) is 0 Å². The Kier molecular flexibility index (Phi) is 5.32. The first-order valence-corrected chi connectivity index (χ1v) is 7.35. The Labute approximate surface area is 135 Å². The summed E-state index contributed by atoms with van der Waals surface area (Å²) in [6, 6.07) is 8.35. The molecular weight excluding hydrogens is 352 g/mol. The van der Waals surface area contributed by atoms with Crippen LogP contribution in [-0.2, 0) is 9.53 Å². The van der Waals surface area contributed by atoms with Crippen molar-refractivity contribution < 1.29 is 18.8 Å². The SMILES string of the molecule is COC(=O)CC(NC(=O)c1cc(C)on1)c1ccc(Br)cc1. The lowest BCUT2D eigenvalue weighted by Crippen LogP contribution is -2.30. The fraction of sp³-hybridized carbons (Fsp3) is 0.267. The molecule has 6 nitrogen and oxygen atoms in total. The fourth-order valence-corrected chi connectivity index (χ4v) is 2.17. The maximum absolute atomic E-state index is 12.2. The lowest BCUT2D eigenvalue weighted by molar-refractivity contribution is -0.141. The van der Waals surface area contributed by atoms with Crippen molar-refractivity contribution in [3.05, 3.63) is 51.8 Å². The van der Waals surface area contributed by atoms with Gasteiger partial charge in [0.25, 0.3) is 5.91 Å². The molecule has 0 aliphatic carbocycles. The monoisotopic (exact) mass is 366 g/mol. The van der Waals surface area contributed by atoms with Gasteiger partial charge in [-0.2, -0.15) is 0 Å². The van der Waals surface area contributed by atoms with Gasteiger partial charge >= 0.3 is 5.97 Å². The Bertz CT molecular complexity index is 666. The molecule has 0 saturated carbocycles. The molecule has 1 N–H and O–H groups in total. The lowest BCUT2D eigenvalue weighted by atomic mass is 10.0. The highest BCUT2D eigenvalue weighted by atomic mass is 79.9. The zero-order valence-electron chi connectivity index (χ0n) is 12.1. The summed E-state index contributed by atoms with van der Waals surface area (Å²) in [4.78, 5) is 23.8. The molecule has 2 rings (SSSR count). The molecule has 1 atom stereocenters. The Morgan fingerprint density at radius 1 is 1.36 bits per heavy atom. The van der Waals surface area contributed by atoms with E-state index < -0.39 is 17.9 Å². The fourth-order valence-electron chi connectivity index (χ4n) is 1.90. The van der Waals surface area contributed by atoms with Gasteiger partial charge in [0, 0.05) is 10.5 Å². The standard InChI is InChI=1S/C15H15BrN2O4/c1-9-7-13(18-22-9)15(20)17-12(8-14(19)21-2)10-3-5-11(16)6-4-10/h3-7,12H,8H2,1-2H3,(H,17,20). The number of aryl methyl sites for hydroxylation is 1. The smallest absolute Gasteiger partial charge is 0.307 e. The summed E-state index contributed by atoms with van der Waals surface area (Å²) in [5, 5.41) is 6.44. The number of benzene rings is 1. The maximum Gasteiger partial charge on any atom is 0.307 e. The van der Waals surface area contributed by atoms with E-state index in [2.05, 4.69) is 31.1 Å². The first kappa shape index (κ1) is 16.2. The van der Waals surface area contributed by atoms with Crippen LogP contribution in [0.5, 0.6) is 0 Å². The molecule has 22 heavy (non-hydrogen) atoms. The quantitative estimate of drug-likeness (QED) is 0.822. The molecule has 2 aromatic rings. The highest BCUT2D eigenvalue weighted by molar-refractivity contribution is 9.10. The van der Waals surface area contributed by atoms with E-state index in [4.69, 9.17) is 4.52 Å². The molecule has 0 radical (unpaired) electrons. The van der Waals surface area contributed by atoms with Gasteiger partial charge in [0.15, 0.2) is 5.69 Å². The number of amides is 1. The highest BCUT2D eigenvalue weighted by Gasteiger charge is 2.21. The Morgan fingerprint density at radius 2 is 2.05 bits per heavy atom. The Morgan fingerprint density at radius 3 is 2.59 bits per heavy atom. The third kappa shape index (κ3) is 4.17. The molecule has 0 saturated heterocycles. The van der Waals surface area contributed by atoms with Crippen molar-refractivity contribution in [2.75, 3.05) is 7.11 Å². The van der Waals surface area contributed by atoms with Gasteiger partial charge < -0.3 is 14.6 Å². The van der Waals surface area contributed by atoms with E-state index in [0.717, 1.165) is 10.0 Å². The van der Waals surface area contributed by atoms with Crippen LogP contribution < -0.4 is 5.32 Å². The molecule has 1 unspecified atom stereocenters. The molecule has 1 amide bonds. The third-order valence-electron chi connectivity index (χ3n) is 3.04. The van der Waals surface area contributed by atoms with Gasteiger partial charge in [0.05, 0.1) is 19.6 Å². The van der Waals surface area contributed by atoms with Crippen LogP contribution in [0.4, 0.5) is 0 Å². The first-order chi connectivity index (χ1) is 10.5. The van der Waals surface area contributed by atoms with Crippen LogP contribution in [0, 0.1) is 6.92 Å². The van der Waals surface area contributed by atoms with Gasteiger partial charge in [-0.3, -0.25) is 9.59 Å². The number of hydrogen-bond acceptors (Lipinski definition) is 5. The molecule has 1 heterocycles. The summed E-state index contributed by atoms with van der Waals surface area (Å²) in [5.74, 6) is -0.281. The number of esters is 1. The Hall–Kier alpha value is -2.15. The van der Waals surface area contributed by atoms with Crippen molar-refractivity contribution in [1.82, 2.24) is 10.5 Å². The van der Waals surface area contributed by atoms with Crippen LogP contribution in [0.1, 0.15) is 34.3 Å².